The zero-order valence-corrected chi connectivity index (χ0v) is 11.0. The number of hydrogen-bond donors (Lipinski definition) is 2. The largest absolute Gasteiger partial charge is 0.444 e. The number of nitrogens with zero attached hydrogens (tertiary/aromatic N) is 2. The highest BCUT2D eigenvalue weighted by Gasteiger charge is 2.25. The molecule has 0 aromatic heterocycles. The van der Waals surface area contributed by atoms with Gasteiger partial charge in [-0.05, 0) is 20.8 Å². The van der Waals surface area contributed by atoms with Gasteiger partial charge in [0.15, 0.2) is 0 Å². The summed E-state index contributed by atoms with van der Waals surface area (Å²) in [6, 6.07) is 0. The first-order chi connectivity index (χ1) is 7.92. The topological polar surface area (TPSA) is 70.8 Å². The number of amides is 1. The van der Waals surface area contributed by atoms with Crippen molar-refractivity contribution in [3.8, 4) is 0 Å². The quantitative estimate of drug-likeness (QED) is 0.540. The van der Waals surface area contributed by atoms with E-state index in [9.17, 15) is 4.79 Å². The molecule has 0 spiro atoms. The average Bonchev–Trinajstić information content (AvgIpc) is 2.24. The second-order valence-electron chi connectivity index (χ2n) is 5.26. The summed E-state index contributed by atoms with van der Waals surface area (Å²) in [6.45, 7) is 10.5. The second-order valence-corrected chi connectivity index (χ2v) is 5.26. The minimum absolute atomic E-state index is 0.214. The molecule has 17 heavy (non-hydrogen) atoms. The van der Waals surface area contributed by atoms with Gasteiger partial charge in [-0.1, -0.05) is 0 Å². The molecule has 3 N–H and O–H groups in total. The van der Waals surface area contributed by atoms with Crippen LogP contribution in [-0.2, 0) is 4.74 Å². The lowest BCUT2D eigenvalue weighted by Gasteiger charge is -2.35. The van der Waals surface area contributed by atoms with E-state index in [1.165, 1.54) is 0 Å². The predicted molar refractivity (Wildman–Crippen MR) is 66.4 cm³/mol. The summed E-state index contributed by atoms with van der Waals surface area (Å²) in [7, 11) is 0. The standard InChI is InChI=1S/C11H24N4O2/c1-11(2,3)17-10(16)15-8-6-14(7-9-15)5-4-13-12/h13H,4-9,12H2,1-3H3. The molecule has 0 aromatic carbocycles. The molecule has 0 radical (unpaired) electrons. The van der Waals surface area contributed by atoms with Gasteiger partial charge in [-0.15, -0.1) is 0 Å². The molecule has 1 aliphatic heterocycles. The van der Waals surface area contributed by atoms with Gasteiger partial charge in [-0.3, -0.25) is 16.2 Å². The lowest BCUT2D eigenvalue weighted by Crippen LogP contribution is -2.51. The summed E-state index contributed by atoms with van der Waals surface area (Å²) >= 11 is 0. The van der Waals surface area contributed by atoms with E-state index in [4.69, 9.17) is 10.6 Å². The van der Waals surface area contributed by atoms with Crippen LogP contribution >= 0.6 is 0 Å². The molecule has 1 fully saturated rings. The van der Waals surface area contributed by atoms with Crippen molar-refractivity contribution in [2.75, 3.05) is 39.3 Å². The van der Waals surface area contributed by atoms with Gasteiger partial charge >= 0.3 is 6.09 Å². The van der Waals surface area contributed by atoms with E-state index in [1.54, 1.807) is 4.90 Å². The fraction of sp³-hybridized carbons (Fsp3) is 0.909. The third-order valence-electron chi connectivity index (χ3n) is 2.60. The monoisotopic (exact) mass is 244 g/mol. The normalized spacial score (nSPS) is 18.2. The molecule has 0 bridgehead atoms. The Hall–Kier alpha value is -0.850. The fourth-order valence-corrected chi connectivity index (χ4v) is 1.70. The van der Waals surface area contributed by atoms with E-state index in [2.05, 4.69) is 10.3 Å². The Bertz CT molecular complexity index is 244. The van der Waals surface area contributed by atoms with E-state index in [0.717, 1.165) is 39.3 Å². The number of rotatable bonds is 3. The third-order valence-corrected chi connectivity index (χ3v) is 2.60. The van der Waals surface area contributed by atoms with Crippen LogP contribution in [0.1, 0.15) is 20.8 Å². The van der Waals surface area contributed by atoms with E-state index in [-0.39, 0.29) is 6.09 Å². The number of hydrogen-bond acceptors (Lipinski definition) is 5. The Balaban J connectivity index is 2.29. The maximum Gasteiger partial charge on any atom is 0.410 e. The molecule has 1 saturated heterocycles. The highest BCUT2D eigenvalue weighted by atomic mass is 16.6. The van der Waals surface area contributed by atoms with Gasteiger partial charge in [0, 0.05) is 39.3 Å². The Kier molecular flexibility index (Phi) is 5.17. The maximum absolute atomic E-state index is 11.8. The maximum atomic E-state index is 11.8. The van der Waals surface area contributed by atoms with E-state index in [0.29, 0.717) is 0 Å². The SMILES string of the molecule is CC(C)(C)OC(=O)N1CCN(CCNN)CC1. The van der Waals surface area contributed by atoms with Gasteiger partial charge in [0.1, 0.15) is 5.60 Å². The van der Waals surface area contributed by atoms with E-state index >= 15 is 0 Å². The first-order valence-electron chi connectivity index (χ1n) is 6.06. The lowest BCUT2D eigenvalue weighted by atomic mass is 10.2. The van der Waals surface area contributed by atoms with Crippen molar-refractivity contribution in [3.05, 3.63) is 0 Å². The van der Waals surface area contributed by atoms with Crippen LogP contribution in [0.3, 0.4) is 0 Å². The molecular formula is C11H24N4O2. The van der Waals surface area contributed by atoms with Crippen molar-refractivity contribution in [3.63, 3.8) is 0 Å². The van der Waals surface area contributed by atoms with Crippen LogP contribution in [0.25, 0.3) is 0 Å². The summed E-state index contributed by atoms with van der Waals surface area (Å²) in [5.41, 5.74) is 2.21. The summed E-state index contributed by atoms with van der Waals surface area (Å²) in [5, 5.41) is 0. The molecule has 1 rings (SSSR count). The highest BCUT2D eigenvalue weighted by Crippen LogP contribution is 2.11. The molecule has 0 saturated carbocycles. The minimum atomic E-state index is -0.419. The van der Waals surface area contributed by atoms with Crippen LogP contribution in [0.15, 0.2) is 0 Å². The van der Waals surface area contributed by atoms with Crippen molar-refractivity contribution in [2.24, 2.45) is 5.84 Å². The lowest BCUT2D eigenvalue weighted by molar-refractivity contribution is 0.0146. The minimum Gasteiger partial charge on any atom is -0.444 e. The second kappa shape index (κ2) is 6.18. The van der Waals surface area contributed by atoms with Crippen LogP contribution in [0.5, 0.6) is 0 Å². The molecule has 0 aliphatic carbocycles. The van der Waals surface area contributed by atoms with Crippen molar-refractivity contribution in [1.82, 2.24) is 15.2 Å². The fourth-order valence-electron chi connectivity index (χ4n) is 1.70. The zero-order chi connectivity index (χ0) is 12.9. The van der Waals surface area contributed by atoms with Gasteiger partial charge in [0.05, 0.1) is 0 Å². The predicted octanol–water partition coefficient (Wildman–Crippen LogP) is 0.00240. The van der Waals surface area contributed by atoms with Crippen LogP contribution in [0.4, 0.5) is 4.79 Å². The molecule has 0 aromatic rings. The average molecular weight is 244 g/mol. The van der Waals surface area contributed by atoms with Crippen molar-refractivity contribution >= 4 is 6.09 Å². The molecular weight excluding hydrogens is 220 g/mol. The number of piperazine rings is 1. The summed E-state index contributed by atoms with van der Waals surface area (Å²) < 4.78 is 5.33. The number of hydrazine groups is 1. The zero-order valence-electron chi connectivity index (χ0n) is 11.0. The molecule has 6 heteroatoms. The number of nitrogens with one attached hydrogen (secondary N) is 1. The van der Waals surface area contributed by atoms with Crippen molar-refractivity contribution in [1.29, 1.82) is 0 Å². The van der Waals surface area contributed by atoms with Crippen LogP contribution < -0.4 is 11.3 Å². The Morgan fingerprint density at radius 3 is 2.35 bits per heavy atom. The molecule has 1 aliphatic rings. The van der Waals surface area contributed by atoms with Gasteiger partial charge < -0.3 is 9.64 Å². The number of ether oxygens (including phenoxy) is 1. The van der Waals surface area contributed by atoms with Gasteiger partial charge in [0.25, 0.3) is 0 Å². The molecule has 100 valence electrons. The molecule has 0 unspecified atom stereocenters. The van der Waals surface area contributed by atoms with E-state index < -0.39 is 5.60 Å². The summed E-state index contributed by atoms with van der Waals surface area (Å²) in [4.78, 5) is 15.8. The Morgan fingerprint density at radius 1 is 1.29 bits per heavy atom. The number of carbonyl (C=O) groups is 1. The molecule has 1 heterocycles. The molecule has 1 amide bonds. The first kappa shape index (κ1) is 14.2. The van der Waals surface area contributed by atoms with Gasteiger partial charge in [-0.2, -0.15) is 0 Å². The third kappa shape index (κ3) is 5.34. The van der Waals surface area contributed by atoms with Gasteiger partial charge in [0.2, 0.25) is 0 Å². The van der Waals surface area contributed by atoms with Gasteiger partial charge in [-0.25, -0.2) is 4.79 Å². The van der Waals surface area contributed by atoms with Crippen LogP contribution in [0, 0.1) is 0 Å². The highest BCUT2D eigenvalue weighted by molar-refractivity contribution is 5.68. The Labute approximate surface area is 103 Å². The number of nitrogens with two attached hydrogens (primary N) is 1. The Morgan fingerprint density at radius 2 is 1.88 bits per heavy atom. The molecule has 6 nitrogen and oxygen atoms in total. The first-order valence-corrected chi connectivity index (χ1v) is 6.06. The number of carbonyl (C=O) groups excluding carboxylic acids is 1. The van der Waals surface area contributed by atoms with Crippen LogP contribution in [-0.4, -0.2) is 60.8 Å². The van der Waals surface area contributed by atoms with Crippen molar-refractivity contribution in [2.45, 2.75) is 26.4 Å². The van der Waals surface area contributed by atoms with E-state index in [1.807, 2.05) is 20.8 Å². The summed E-state index contributed by atoms with van der Waals surface area (Å²) in [5.74, 6) is 5.23. The smallest absolute Gasteiger partial charge is 0.410 e. The van der Waals surface area contributed by atoms with Crippen molar-refractivity contribution < 1.29 is 9.53 Å². The summed E-state index contributed by atoms with van der Waals surface area (Å²) in [6.07, 6.45) is -0.214. The molecule has 0 atom stereocenters. The van der Waals surface area contributed by atoms with Crippen LogP contribution in [0.2, 0.25) is 0 Å².